The van der Waals surface area contributed by atoms with E-state index in [4.69, 9.17) is 28.4 Å². The molecule has 66 heavy (non-hydrogen) atoms. The summed E-state index contributed by atoms with van der Waals surface area (Å²) in [5, 5.41) is 6.07. The van der Waals surface area contributed by atoms with Crippen molar-refractivity contribution < 1.29 is 52.4 Å². The van der Waals surface area contributed by atoms with E-state index in [-0.39, 0.29) is 67.6 Å². The Hall–Kier alpha value is -3.67. The topological polar surface area (TPSA) is 175 Å². The van der Waals surface area contributed by atoms with Gasteiger partial charge in [-0.1, -0.05) is 91.6 Å². The first kappa shape index (κ1) is 58.5. The van der Waals surface area contributed by atoms with Crippen LogP contribution in [0.25, 0.3) is 0 Å². The molecule has 1 heterocycles. The number of nitrogens with one attached hydrogen (secondary N) is 2. The van der Waals surface area contributed by atoms with Crippen LogP contribution in [0.3, 0.4) is 0 Å². The van der Waals surface area contributed by atoms with Crippen LogP contribution >= 0.6 is 0 Å². The van der Waals surface area contributed by atoms with E-state index in [1.165, 1.54) is 7.11 Å². The highest BCUT2D eigenvalue weighted by Crippen LogP contribution is 2.30. The molecular formula is C50H87N5O11. The standard InChI is InChI=1S/C50H87N5O11/c1-15-35(7)43(52-48(58)44(33(3)4)53(10)34(5)6)49(59)54(11)45(36(8)16-2)41(62-13)32-42(56)55-24-20-23-40(55)46(63-14)37(9)47(57)51-39(31-38-21-18-17-19-22-38)50(60)66-30-29-65-28-27-64-26-25-61-12/h17-19,21-22,33-37,39-41,43-46H,15-16,20,23-32H2,1-14H3,(H,51,57)(H,52,58)/t35?,36-,37+,39-,40-,41+,43-,44-,45-,46+/m0/s1. The molecule has 0 bridgehead atoms. The molecule has 1 fully saturated rings. The highest BCUT2D eigenvalue weighted by Gasteiger charge is 2.44. The molecule has 0 saturated carbocycles. The Bertz CT molecular complexity index is 1580. The smallest absolute Gasteiger partial charge is 0.329 e. The quantitative estimate of drug-likeness (QED) is 0.0751. The van der Waals surface area contributed by atoms with E-state index in [2.05, 4.69) is 10.6 Å². The zero-order valence-corrected chi connectivity index (χ0v) is 42.8. The van der Waals surface area contributed by atoms with Gasteiger partial charge in [-0.25, -0.2) is 4.79 Å². The number of rotatable bonds is 32. The second-order valence-corrected chi connectivity index (χ2v) is 18.5. The van der Waals surface area contributed by atoms with Crippen LogP contribution in [-0.2, 0) is 58.8 Å². The first-order valence-corrected chi connectivity index (χ1v) is 24.2. The zero-order chi connectivity index (χ0) is 49.5. The maximum absolute atomic E-state index is 14.6. The third-order valence-electron chi connectivity index (χ3n) is 13.3. The Labute approximate surface area is 396 Å². The van der Waals surface area contributed by atoms with Crippen molar-refractivity contribution in [3.05, 3.63) is 35.9 Å². The highest BCUT2D eigenvalue weighted by molar-refractivity contribution is 5.90. The molecule has 1 saturated heterocycles. The van der Waals surface area contributed by atoms with E-state index in [1.54, 1.807) is 38.0 Å². The summed E-state index contributed by atoms with van der Waals surface area (Å²) in [5.41, 5.74) is 0.845. The molecule has 16 nitrogen and oxygen atoms in total. The van der Waals surface area contributed by atoms with Crippen LogP contribution in [0.2, 0.25) is 0 Å². The highest BCUT2D eigenvalue weighted by atomic mass is 16.6. The number of hydrogen-bond donors (Lipinski definition) is 2. The third kappa shape index (κ3) is 17.8. The minimum absolute atomic E-state index is 0.00174. The van der Waals surface area contributed by atoms with Crippen LogP contribution < -0.4 is 10.6 Å². The van der Waals surface area contributed by atoms with Crippen LogP contribution in [0, 0.1) is 23.7 Å². The maximum atomic E-state index is 14.6. The molecule has 0 aliphatic carbocycles. The normalized spacial score (nSPS) is 18.3. The number of carbonyl (C=O) groups excluding carboxylic acids is 5. The van der Waals surface area contributed by atoms with Crippen LogP contribution in [0.15, 0.2) is 30.3 Å². The molecule has 10 atom stereocenters. The molecule has 2 rings (SSSR count). The van der Waals surface area contributed by atoms with Crippen molar-refractivity contribution in [2.45, 2.75) is 149 Å². The molecule has 378 valence electrons. The molecule has 0 radical (unpaired) electrons. The summed E-state index contributed by atoms with van der Waals surface area (Å²) in [7, 11) is 8.37. The molecule has 1 aliphatic rings. The molecule has 0 aromatic heterocycles. The van der Waals surface area contributed by atoms with Gasteiger partial charge < -0.3 is 48.9 Å². The Morgan fingerprint density at radius 1 is 0.773 bits per heavy atom. The lowest BCUT2D eigenvalue weighted by Crippen LogP contribution is -2.60. The number of methoxy groups -OCH3 is 3. The van der Waals surface area contributed by atoms with E-state index >= 15 is 0 Å². The molecule has 1 unspecified atom stereocenters. The fourth-order valence-corrected chi connectivity index (χ4v) is 8.84. The van der Waals surface area contributed by atoms with Gasteiger partial charge in [0, 0.05) is 47.4 Å². The van der Waals surface area contributed by atoms with Gasteiger partial charge in [0.15, 0.2) is 0 Å². The van der Waals surface area contributed by atoms with Crippen LogP contribution in [-0.4, -0.2) is 174 Å². The Morgan fingerprint density at radius 3 is 1.92 bits per heavy atom. The van der Waals surface area contributed by atoms with Crippen molar-refractivity contribution in [2.24, 2.45) is 23.7 Å². The van der Waals surface area contributed by atoms with Gasteiger partial charge in [-0.3, -0.25) is 24.1 Å². The third-order valence-corrected chi connectivity index (χ3v) is 13.3. The van der Waals surface area contributed by atoms with Crippen LogP contribution in [0.1, 0.15) is 100.0 Å². The monoisotopic (exact) mass is 934 g/mol. The summed E-state index contributed by atoms with van der Waals surface area (Å²) >= 11 is 0. The van der Waals surface area contributed by atoms with E-state index in [9.17, 15) is 24.0 Å². The van der Waals surface area contributed by atoms with E-state index in [0.29, 0.717) is 58.7 Å². The van der Waals surface area contributed by atoms with Crippen molar-refractivity contribution in [2.75, 3.05) is 81.6 Å². The minimum atomic E-state index is -0.982. The second-order valence-electron chi connectivity index (χ2n) is 18.5. The maximum Gasteiger partial charge on any atom is 0.329 e. The van der Waals surface area contributed by atoms with Gasteiger partial charge in [-0.05, 0) is 57.1 Å². The van der Waals surface area contributed by atoms with Crippen molar-refractivity contribution in [3.63, 3.8) is 0 Å². The van der Waals surface area contributed by atoms with E-state index in [0.717, 1.165) is 5.56 Å². The van der Waals surface area contributed by atoms with Crippen molar-refractivity contribution in [1.82, 2.24) is 25.3 Å². The molecule has 1 aromatic rings. The lowest BCUT2D eigenvalue weighted by molar-refractivity contribution is -0.151. The molecule has 16 heteroatoms. The van der Waals surface area contributed by atoms with Gasteiger partial charge in [-0.15, -0.1) is 0 Å². The average molecular weight is 934 g/mol. The lowest BCUT2D eigenvalue weighted by Gasteiger charge is -2.41. The van der Waals surface area contributed by atoms with E-state index < -0.39 is 60.2 Å². The first-order valence-electron chi connectivity index (χ1n) is 24.2. The van der Waals surface area contributed by atoms with Crippen molar-refractivity contribution in [3.8, 4) is 0 Å². The molecular weight excluding hydrogens is 847 g/mol. The number of ether oxygens (including phenoxy) is 6. The summed E-state index contributed by atoms with van der Waals surface area (Å²) in [6.07, 6.45) is 1.54. The number of hydrogen-bond acceptors (Lipinski definition) is 12. The van der Waals surface area contributed by atoms with Crippen LogP contribution in [0.4, 0.5) is 0 Å². The Balaban J connectivity index is 2.27. The Morgan fingerprint density at radius 2 is 1.38 bits per heavy atom. The minimum Gasteiger partial charge on any atom is -0.462 e. The van der Waals surface area contributed by atoms with Gasteiger partial charge in [0.25, 0.3) is 0 Å². The summed E-state index contributed by atoms with van der Waals surface area (Å²) in [4.78, 5) is 76.0. The van der Waals surface area contributed by atoms with Crippen molar-refractivity contribution in [1.29, 1.82) is 0 Å². The van der Waals surface area contributed by atoms with Gasteiger partial charge in [0.05, 0.1) is 75.7 Å². The number of amides is 4. The number of nitrogens with zero attached hydrogens (tertiary/aromatic N) is 3. The van der Waals surface area contributed by atoms with Crippen molar-refractivity contribution >= 4 is 29.6 Å². The zero-order valence-electron chi connectivity index (χ0n) is 42.8. The van der Waals surface area contributed by atoms with Gasteiger partial charge in [0.1, 0.15) is 18.7 Å². The summed E-state index contributed by atoms with van der Waals surface area (Å²) in [6.45, 7) is 20.2. The molecule has 0 spiro atoms. The molecule has 1 aliphatic heterocycles. The predicted molar refractivity (Wildman–Crippen MR) is 256 cm³/mol. The molecule has 4 amide bonds. The fraction of sp³-hybridized carbons (Fsp3) is 0.780. The number of likely N-dealkylation sites (tertiary alicyclic amines) is 1. The largest absolute Gasteiger partial charge is 0.462 e. The lowest BCUT2D eigenvalue weighted by atomic mass is 9.88. The number of esters is 1. The number of carbonyl (C=O) groups is 5. The van der Waals surface area contributed by atoms with Crippen LogP contribution in [0.5, 0.6) is 0 Å². The summed E-state index contributed by atoms with van der Waals surface area (Å²) in [5.74, 6) is -2.54. The number of benzene rings is 1. The van der Waals surface area contributed by atoms with Gasteiger partial charge >= 0.3 is 5.97 Å². The van der Waals surface area contributed by atoms with Gasteiger partial charge in [0.2, 0.25) is 23.6 Å². The predicted octanol–water partition coefficient (Wildman–Crippen LogP) is 4.75. The Kier molecular flexibility index (Phi) is 27.2. The molecule has 1 aromatic carbocycles. The fourth-order valence-electron chi connectivity index (χ4n) is 8.84. The summed E-state index contributed by atoms with van der Waals surface area (Å²) < 4.78 is 33.6. The average Bonchev–Trinajstić information content (AvgIpc) is 3.79. The van der Waals surface area contributed by atoms with E-state index in [1.807, 2.05) is 97.7 Å². The second kappa shape index (κ2) is 30.7. The summed E-state index contributed by atoms with van der Waals surface area (Å²) in [6, 6.07) is 6.40. The SMILES string of the molecule is CCC(C)[C@H](NC(=O)[C@H](C(C)C)N(C)C(C)C)C(=O)N(C)[C@@H]([C@@H](C)CC)[C@@H](CC(=O)N1CCC[C@H]1[C@H](OC)[C@@H](C)C(=O)N[C@@H](Cc1ccccc1)C(=O)OCCOCCOCCOC)OC. The van der Waals surface area contributed by atoms with Gasteiger partial charge in [-0.2, -0.15) is 0 Å². The number of likely N-dealkylation sites (N-methyl/N-ethyl adjacent to an activating group) is 2. The first-order chi connectivity index (χ1) is 31.4. The molecule has 2 N–H and O–H groups in total.